The lowest BCUT2D eigenvalue weighted by Gasteiger charge is -2.08. The van der Waals surface area contributed by atoms with E-state index in [0.717, 1.165) is 5.56 Å². The van der Waals surface area contributed by atoms with Crippen molar-refractivity contribution in [1.29, 1.82) is 0 Å². The number of sulfone groups is 1. The van der Waals surface area contributed by atoms with Crippen LogP contribution in [0.3, 0.4) is 0 Å². The van der Waals surface area contributed by atoms with Crippen molar-refractivity contribution >= 4 is 44.6 Å². The number of aryl methyl sites for hydroxylation is 1. The van der Waals surface area contributed by atoms with Crippen molar-refractivity contribution in [2.45, 2.75) is 18.2 Å². The second kappa shape index (κ2) is 7.34. The van der Waals surface area contributed by atoms with Crippen LogP contribution in [0.1, 0.15) is 12.0 Å². The molecule has 122 valence electrons. The highest BCUT2D eigenvalue weighted by atomic mass is 35.5. The van der Waals surface area contributed by atoms with Crippen LogP contribution in [-0.4, -0.2) is 20.1 Å². The van der Waals surface area contributed by atoms with E-state index in [1.54, 1.807) is 36.4 Å². The molecule has 7 heteroatoms. The van der Waals surface area contributed by atoms with Crippen molar-refractivity contribution < 1.29 is 13.2 Å². The molecule has 0 radical (unpaired) electrons. The highest BCUT2D eigenvalue weighted by Crippen LogP contribution is 2.25. The molecule has 0 aliphatic rings. The zero-order valence-electron chi connectivity index (χ0n) is 12.3. The first kappa shape index (κ1) is 17.8. The van der Waals surface area contributed by atoms with Crippen LogP contribution < -0.4 is 5.32 Å². The first-order valence-corrected chi connectivity index (χ1v) is 9.23. The van der Waals surface area contributed by atoms with E-state index in [-0.39, 0.29) is 17.1 Å². The molecule has 4 nitrogen and oxygen atoms in total. The van der Waals surface area contributed by atoms with E-state index >= 15 is 0 Å². The van der Waals surface area contributed by atoms with Crippen molar-refractivity contribution in [3.05, 3.63) is 58.1 Å². The summed E-state index contributed by atoms with van der Waals surface area (Å²) in [7, 11) is -3.50. The average Bonchev–Trinajstić information content (AvgIpc) is 2.49. The minimum atomic E-state index is -3.50. The SMILES string of the molecule is Cc1ccc(S(=O)(=O)CCC(=O)Nc2ccc(Cl)cc2Cl)cc1. The lowest BCUT2D eigenvalue weighted by Crippen LogP contribution is -2.17. The predicted molar refractivity (Wildman–Crippen MR) is 92.9 cm³/mol. The van der Waals surface area contributed by atoms with Crippen LogP contribution in [0.5, 0.6) is 0 Å². The van der Waals surface area contributed by atoms with Gasteiger partial charge in [0.25, 0.3) is 0 Å². The van der Waals surface area contributed by atoms with Gasteiger partial charge in [0, 0.05) is 11.4 Å². The maximum atomic E-state index is 12.2. The average molecular weight is 372 g/mol. The fourth-order valence-electron chi connectivity index (χ4n) is 1.89. The highest BCUT2D eigenvalue weighted by Gasteiger charge is 2.16. The van der Waals surface area contributed by atoms with Crippen LogP contribution >= 0.6 is 23.2 Å². The van der Waals surface area contributed by atoms with Crippen molar-refractivity contribution in [3.63, 3.8) is 0 Å². The van der Waals surface area contributed by atoms with Crippen molar-refractivity contribution in [1.82, 2.24) is 0 Å². The molecule has 0 aliphatic heterocycles. The Hall–Kier alpha value is -1.56. The zero-order chi connectivity index (χ0) is 17.0. The molecule has 0 bridgehead atoms. The molecule has 0 saturated carbocycles. The summed E-state index contributed by atoms with van der Waals surface area (Å²) in [6.45, 7) is 1.87. The minimum absolute atomic E-state index is 0.158. The smallest absolute Gasteiger partial charge is 0.225 e. The first-order chi connectivity index (χ1) is 10.8. The van der Waals surface area contributed by atoms with Crippen molar-refractivity contribution in [3.8, 4) is 0 Å². The van der Waals surface area contributed by atoms with Gasteiger partial charge in [-0.15, -0.1) is 0 Å². The molecule has 2 aromatic carbocycles. The van der Waals surface area contributed by atoms with Gasteiger partial charge in [0.1, 0.15) is 0 Å². The summed E-state index contributed by atoms with van der Waals surface area (Å²) >= 11 is 11.7. The van der Waals surface area contributed by atoms with Crippen LogP contribution in [0, 0.1) is 6.92 Å². The summed E-state index contributed by atoms with van der Waals surface area (Å²) in [6.07, 6.45) is -0.158. The van der Waals surface area contributed by atoms with Crippen LogP contribution in [0.2, 0.25) is 10.0 Å². The van der Waals surface area contributed by atoms with Gasteiger partial charge >= 0.3 is 0 Å². The Bertz CT molecular complexity index is 818. The quantitative estimate of drug-likeness (QED) is 0.859. The van der Waals surface area contributed by atoms with Gasteiger partial charge in [0.15, 0.2) is 9.84 Å². The number of carbonyl (C=O) groups excluding carboxylic acids is 1. The number of halogens is 2. The number of hydrogen-bond acceptors (Lipinski definition) is 3. The van der Waals surface area contributed by atoms with E-state index in [1.807, 2.05) is 6.92 Å². The lowest BCUT2D eigenvalue weighted by molar-refractivity contribution is -0.115. The summed E-state index contributed by atoms with van der Waals surface area (Å²) in [4.78, 5) is 12.1. The third kappa shape index (κ3) is 4.96. The summed E-state index contributed by atoms with van der Waals surface area (Å²) in [5.41, 5.74) is 1.37. The molecule has 0 atom stereocenters. The zero-order valence-corrected chi connectivity index (χ0v) is 14.7. The Kier molecular flexibility index (Phi) is 5.68. The minimum Gasteiger partial charge on any atom is -0.325 e. The molecular formula is C16H15Cl2NO3S. The number of rotatable bonds is 5. The Morgan fingerprint density at radius 1 is 1.09 bits per heavy atom. The number of anilines is 1. The summed E-state index contributed by atoms with van der Waals surface area (Å²) in [5.74, 6) is -0.697. The van der Waals surface area contributed by atoms with Crippen LogP contribution in [-0.2, 0) is 14.6 Å². The predicted octanol–water partition coefficient (Wildman–Crippen LogP) is 4.10. The molecule has 2 rings (SSSR count). The molecule has 1 N–H and O–H groups in total. The Morgan fingerprint density at radius 3 is 2.35 bits per heavy atom. The number of carbonyl (C=O) groups is 1. The van der Waals surface area contributed by atoms with Gasteiger partial charge in [-0.2, -0.15) is 0 Å². The Balaban J connectivity index is 1.99. The topological polar surface area (TPSA) is 63.2 Å². The van der Waals surface area contributed by atoms with Crippen LogP contribution in [0.4, 0.5) is 5.69 Å². The maximum Gasteiger partial charge on any atom is 0.225 e. The van der Waals surface area contributed by atoms with E-state index in [4.69, 9.17) is 23.2 Å². The van der Waals surface area contributed by atoms with E-state index in [0.29, 0.717) is 15.7 Å². The van der Waals surface area contributed by atoms with E-state index in [2.05, 4.69) is 5.32 Å². The van der Waals surface area contributed by atoms with Gasteiger partial charge in [0.05, 0.1) is 21.4 Å². The molecule has 0 aliphatic carbocycles. The monoisotopic (exact) mass is 371 g/mol. The largest absolute Gasteiger partial charge is 0.325 e. The third-order valence-electron chi connectivity index (χ3n) is 3.18. The van der Waals surface area contributed by atoms with Crippen LogP contribution in [0.25, 0.3) is 0 Å². The first-order valence-electron chi connectivity index (χ1n) is 6.82. The molecule has 0 fully saturated rings. The van der Waals surface area contributed by atoms with Gasteiger partial charge in [0.2, 0.25) is 5.91 Å². The molecule has 1 amide bonds. The summed E-state index contributed by atoms with van der Waals surface area (Å²) in [6, 6.07) is 11.2. The lowest BCUT2D eigenvalue weighted by atomic mass is 10.2. The second-order valence-electron chi connectivity index (χ2n) is 5.05. The van der Waals surface area contributed by atoms with Gasteiger partial charge in [-0.3, -0.25) is 4.79 Å². The molecule has 0 spiro atoms. The number of hydrogen-bond donors (Lipinski definition) is 1. The van der Waals surface area contributed by atoms with Crippen molar-refractivity contribution in [2.24, 2.45) is 0 Å². The molecule has 0 saturated heterocycles. The maximum absolute atomic E-state index is 12.2. The number of amides is 1. The molecular weight excluding hydrogens is 357 g/mol. The Labute approximate surface area is 145 Å². The second-order valence-corrected chi connectivity index (χ2v) is 8.01. The van der Waals surface area contributed by atoms with Crippen molar-refractivity contribution in [2.75, 3.05) is 11.1 Å². The van der Waals surface area contributed by atoms with Gasteiger partial charge in [-0.25, -0.2) is 8.42 Å². The number of benzene rings is 2. The summed E-state index contributed by atoms with van der Waals surface area (Å²) in [5, 5.41) is 3.33. The molecule has 2 aromatic rings. The fourth-order valence-corrected chi connectivity index (χ4v) is 3.59. The molecule has 0 aromatic heterocycles. The van der Waals surface area contributed by atoms with Gasteiger partial charge < -0.3 is 5.32 Å². The Morgan fingerprint density at radius 2 is 1.74 bits per heavy atom. The molecule has 0 unspecified atom stereocenters. The van der Waals surface area contributed by atoms with E-state index in [9.17, 15) is 13.2 Å². The third-order valence-corrected chi connectivity index (χ3v) is 5.46. The normalized spacial score (nSPS) is 11.3. The fraction of sp³-hybridized carbons (Fsp3) is 0.188. The molecule has 23 heavy (non-hydrogen) atoms. The van der Waals surface area contributed by atoms with E-state index in [1.165, 1.54) is 6.07 Å². The standard InChI is InChI=1S/C16H15Cl2NO3S/c1-11-2-5-13(6-3-11)23(21,22)9-8-16(20)19-15-7-4-12(17)10-14(15)18/h2-7,10H,8-9H2,1H3,(H,19,20). The number of nitrogens with one attached hydrogen (secondary N) is 1. The van der Waals surface area contributed by atoms with E-state index < -0.39 is 15.7 Å². The summed E-state index contributed by atoms with van der Waals surface area (Å²) < 4.78 is 24.4. The van der Waals surface area contributed by atoms with Gasteiger partial charge in [-0.05, 0) is 37.3 Å². The van der Waals surface area contributed by atoms with Crippen LogP contribution in [0.15, 0.2) is 47.4 Å². The highest BCUT2D eigenvalue weighted by molar-refractivity contribution is 7.91. The van der Waals surface area contributed by atoms with Gasteiger partial charge in [-0.1, -0.05) is 40.9 Å². The molecule has 0 heterocycles.